The first-order chi connectivity index (χ1) is 13.0. The minimum Gasteiger partial charge on any atom is -0.508 e. The molecular weight excluding hydrogens is 356 g/mol. The van der Waals surface area contributed by atoms with Crippen molar-refractivity contribution in [2.75, 3.05) is 0 Å². The normalized spacial score (nSPS) is 26.6. The van der Waals surface area contributed by atoms with Crippen LogP contribution in [0, 0.1) is 16.7 Å². The number of benzene rings is 1. The van der Waals surface area contributed by atoms with E-state index in [0.717, 1.165) is 0 Å². The number of rotatable bonds is 1. The Labute approximate surface area is 164 Å². The summed E-state index contributed by atoms with van der Waals surface area (Å²) in [4.78, 5) is 39.2. The molecule has 0 bridgehead atoms. The van der Waals surface area contributed by atoms with Gasteiger partial charge in [-0.25, -0.2) is 0 Å². The lowest BCUT2D eigenvalue weighted by molar-refractivity contribution is -0.140. The molecule has 0 aromatic heterocycles. The van der Waals surface area contributed by atoms with Gasteiger partial charge < -0.3 is 9.84 Å². The second-order valence-corrected chi connectivity index (χ2v) is 10.0. The molecular formula is C23H26O5. The minimum absolute atomic E-state index is 0.0466. The van der Waals surface area contributed by atoms with Crippen LogP contribution in [0.15, 0.2) is 29.5 Å². The Morgan fingerprint density at radius 2 is 1.50 bits per heavy atom. The summed E-state index contributed by atoms with van der Waals surface area (Å²) in [5.41, 5.74) is 0.501. The maximum absolute atomic E-state index is 13.1. The third kappa shape index (κ3) is 3.07. The molecule has 148 valence electrons. The maximum Gasteiger partial charge on any atom is 0.163 e. The van der Waals surface area contributed by atoms with Crippen LogP contribution in [-0.4, -0.2) is 22.5 Å². The molecule has 28 heavy (non-hydrogen) atoms. The minimum atomic E-state index is -0.865. The van der Waals surface area contributed by atoms with Crippen molar-refractivity contribution in [1.82, 2.24) is 0 Å². The number of phenolic OH excluding ortho intramolecular Hbond substituents is 1. The second-order valence-electron chi connectivity index (χ2n) is 10.0. The molecule has 1 saturated carbocycles. The van der Waals surface area contributed by atoms with E-state index in [1.54, 1.807) is 6.07 Å². The van der Waals surface area contributed by atoms with Crippen LogP contribution in [0.25, 0.3) is 0 Å². The van der Waals surface area contributed by atoms with Crippen LogP contribution < -0.4 is 4.74 Å². The number of carbonyl (C=O) groups excluding carboxylic acids is 3. The van der Waals surface area contributed by atoms with Gasteiger partial charge in [0.25, 0.3) is 0 Å². The molecule has 5 nitrogen and oxygen atoms in total. The molecule has 3 aliphatic rings. The van der Waals surface area contributed by atoms with Gasteiger partial charge in [-0.3, -0.25) is 14.4 Å². The van der Waals surface area contributed by atoms with E-state index in [9.17, 15) is 19.5 Å². The highest BCUT2D eigenvalue weighted by molar-refractivity contribution is 6.09. The van der Waals surface area contributed by atoms with Crippen molar-refractivity contribution in [2.24, 2.45) is 16.7 Å². The van der Waals surface area contributed by atoms with Crippen LogP contribution in [0.3, 0.4) is 0 Å². The highest BCUT2D eigenvalue weighted by atomic mass is 16.5. The van der Waals surface area contributed by atoms with E-state index in [0.29, 0.717) is 48.3 Å². The zero-order chi connectivity index (χ0) is 20.4. The molecule has 1 unspecified atom stereocenters. The summed E-state index contributed by atoms with van der Waals surface area (Å²) in [5, 5.41) is 9.91. The number of hydrogen-bond acceptors (Lipinski definition) is 5. The van der Waals surface area contributed by atoms with E-state index in [1.165, 1.54) is 12.1 Å². The van der Waals surface area contributed by atoms with Crippen LogP contribution in [0.1, 0.15) is 64.9 Å². The number of ketones is 3. The van der Waals surface area contributed by atoms with Crippen molar-refractivity contribution in [3.05, 3.63) is 35.1 Å². The summed E-state index contributed by atoms with van der Waals surface area (Å²) in [6.07, 6.45) is 1.55. The number of allylic oxidation sites excluding steroid dienone is 2. The van der Waals surface area contributed by atoms with Crippen molar-refractivity contribution >= 4 is 17.3 Å². The first-order valence-electron chi connectivity index (χ1n) is 9.80. The molecule has 0 spiro atoms. The van der Waals surface area contributed by atoms with Gasteiger partial charge in [0.2, 0.25) is 0 Å². The first kappa shape index (κ1) is 18.9. The molecule has 4 rings (SSSR count). The molecule has 1 aliphatic heterocycles. The Hall–Kier alpha value is -2.43. The predicted octanol–water partition coefficient (Wildman–Crippen LogP) is 4.09. The van der Waals surface area contributed by atoms with Gasteiger partial charge in [-0.1, -0.05) is 33.8 Å². The van der Waals surface area contributed by atoms with Crippen LogP contribution in [-0.2, 0) is 14.4 Å². The van der Waals surface area contributed by atoms with Crippen molar-refractivity contribution in [3.63, 3.8) is 0 Å². The lowest BCUT2D eigenvalue weighted by Crippen LogP contribution is -2.44. The maximum atomic E-state index is 13.1. The Bertz CT molecular complexity index is 914. The SMILES string of the molecule is CC1(C)CC(=O)C(C2C3=C(CC(C)(C)CC3=O)Oc3cc(O)ccc32)C(=O)C1. The average Bonchev–Trinajstić information content (AvgIpc) is 2.50. The monoisotopic (exact) mass is 382 g/mol. The van der Waals surface area contributed by atoms with Gasteiger partial charge in [0, 0.05) is 48.8 Å². The fraction of sp³-hybridized carbons (Fsp3) is 0.522. The quantitative estimate of drug-likeness (QED) is 0.740. The molecule has 0 radical (unpaired) electrons. The third-order valence-electron chi connectivity index (χ3n) is 6.09. The van der Waals surface area contributed by atoms with Gasteiger partial charge in [-0.15, -0.1) is 0 Å². The van der Waals surface area contributed by atoms with Gasteiger partial charge in [-0.2, -0.15) is 0 Å². The van der Waals surface area contributed by atoms with E-state index < -0.39 is 11.8 Å². The first-order valence-corrected chi connectivity index (χ1v) is 9.80. The molecule has 2 aliphatic carbocycles. The van der Waals surface area contributed by atoms with Crippen LogP contribution >= 0.6 is 0 Å². The smallest absolute Gasteiger partial charge is 0.163 e. The predicted molar refractivity (Wildman–Crippen MR) is 103 cm³/mol. The third-order valence-corrected chi connectivity index (χ3v) is 6.09. The van der Waals surface area contributed by atoms with Gasteiger partial charge >= 0.3 is 0 Å². The van der Waals surface area contributed by atoms with Gasteiger partial charge in [0.05, 0.1) is 5.92 Å². The molecule has 1 aromatic carbocycles. The number of fused-ring (bicyclic) bond motifs is 1. The van der Waals surface area contributed by atoms with Crippen LogP contribution in [0.2, 0.25) is 0 Å². The van der Waals surface area contributed by atoms with Crippen LogP contribution in [0.4, 0.5) is 0 Å². The second kappa shape index (κ2) is 6.03. The zero-order valence-corrected chi connectivity index (χ0v) is 16.8. The number of aromatic hydroxyl groups is 1. The molecule has 1 fully saturated rings. The van der Waals surface area contributed by atoms with Crippen molar-refractivity contribution in [1.29, 1.82) is 0 Å². The number of phenols is 1. The summed E-state index contributed by atoms with van der Waals surface area (Å²) in [5.74, 6) is -0.761. The lowest BCUT2D eigenvalue weighted by atomic mass is 9.62. The van der Waals surface area contributed by atoms with Crippen LogP contribution in [0.5, 0.6) is 11.5 Å². The summed E-state index contributed by atoms with van der Waals surface area (Å²) in [6.45, 7) is 7.86. The fourth-order valence-electron chi connectivity index (χ4n) is 5.00. The van der Waals surface area contributed by atoms with Crippen molar-refractivity contribution in [2.45, 2.75) is 59.3 Å². The number of ether oxygens (including phenoxy) is 1. The Morgan fingerprint density at radius 1 is 0.893 bits per heavy atom. The van der Waals surface area contributed by atoms with E-state index in [1.807, 2.05) is 27.7 Å². The molecule has 5 heteroatoms. The fourth-order valence-corrected chi connectivity index (χ4v) is 5.00. The molecule has 1 atom stereocenters. The van der Waals surface area contributed by atoms with Crippen molar-refractivity contribution < 1.29 is 24.2 Å². The lowest BCUT2D eigenvalue weighted by Gasteiger charge is -2.42. The number of hydrogen-bond donors (Lipinski definition) is 1. The van der Waals surface area contributed by atoms with E-state index in [-0.39, 0.29) is 33.9 Å². The highest BCUT2D eigenvalue weighted by Crippen LogP contribution is 2.53. The molecule has 0 saturated heterocycles. The van der Waals surface area contributed by atoms with E-state index >= 15 is 0 Å². The van der Waals surface area contributed by atoms with Gasteiger partial charge in [0.1, 0.15) is 28.8 Å². The highest BCUT2D eigenvalue weighted by Gasteiger charge is 2.50. The summed E-state index contributed by atoms with van der Waals surface area (Å²) in [7, 11) is 0. The Morgan fingerprint density at radius 3 is 2.14 bits per heavy atom. The van der Waals surface area contributed by atoms with Gasteiger partial charge in [-0.05, 0) is 16.9 Å². The average molecular weight is 382 g/mol. The standard InChI is InChI=1S/C23H26O5/c1-22(2)8-14(25)20(15(26)9-22)19-13-6-5-12(24)7-17(13)28-18-11-23(3,4)10-16(27)21(18)19/h5-7,19-20,24H,8-11H2,1-4H3. The summed E-state index contributed by atoms with van der Waals surface area (Å²) >= 11 is 0. The molecule has 1 heterocycles. The van der Waals surface area contributed by atoms with Gasteiger partial charge in [0.15, 0.2) is 5.78 Å². The zero-order valence-electron chi connectivity index (χ0n) is 16.8. The molecule has 0 amide bonds. The summed E-state index contributed by atoms with van der Waals surface area (Å²) < 4.78 is 6.03. The van der Waals surface area contributed by atoms with E-state index in [2.05, 4.69) is 0 Å². The van der Waals surface area contributed by atoms with Crippen molar-refractivity contribution in [3.8, 4) is 11.5 Å². The topological polar surface area (TPSA) is 80.7 Å². The molecule has 1 N–H and O–H groups in total. The van der Waals surface area contributed by atoms with E-state index in [4.69, 9.17) is 4.74 Å². The Balaban J connectivity index is 1.88. The number of carbonyl (C=O) groups is 3. The largest absolute Gasteiger partial charge is 0.508 e. The Kier molecular flexibility index (Phi) is 4.07. The number of Topliss-reactive ketones (excluding diaryl/α,β-unsaturated/α-hetero) is 3. The molecule has 1 aromatic rings. The summed E-state index contributed by atoms with van der Waals surface area (Å²) in [6, 6.07) is 4.69.